The molecule has 2 heterocycles. The number of benzene rings is 1. The van der Waals surface area contributed by atoms with Gasteiger partial charge >= 0.3 is 6.09 Å². The molecule has 0 bridgehead atoms. The maximum atomic E-state index is 12.8. The number of likely N-dealkylation sites (tertiary alicyclic amines) is 1. The Balaban J connectivity index is 1.66. The van der Waals surface area contributed by atoms with Gasteiger partial charge < -0.3 is 24.4 Å². The first-order valence-corrected chi connectivity index (χ1v) is 9.55. The summed E-state index contributed by atoms with van der Waals surface area (Å²) in [5.41, 5.74) is -0.279. The van der Waals surface area contributed by atoms with Crippen LogP contribution >= 0.6 is 0 Å². The summed E-state index contributed by atoms with van der Waals surface area (Å²) in [5, 5.41) is 10.2. The predicted molar refractivity (Wildman–Crippen MR) is 100 cm³/mol. The van der Waals surface area contributed by atoms with E-state index in [1.807, 2.05) is 11.8 Å². The lowest BCUT2D eigenvalue weighted by Crippen LogP contribution is -2.49. The van der Waals surface area contributed by atoms with Crippen molar-refractivity contribution in [3.05, 3.63) is 23.8 Å². The Morgan fingerprint density at radius 1 is 1.37 bits per heavy atom. The molecule has 0 saturated carbocycles. The smallest absolute Gasteiger partial charge is 0.410 e. The molecule has 2 saturated heterocycles. The fraction of sp³-hybridized carbons (Fsp3) is 0.600. The van der Waals surface area contributed by atoms with Crippen molar-refractivity contribution in [3.8, 4) is 11.5 Å². The topological polar surface area (TPSA) is 79.3 Å². The quantitative estimate of drug-likeness (QED) is 0.855. The van der Waals surface area contributed by atoms with Gasteiger partial charge in [-0.25, -0.2) is 4.79 Å². The molecular formula is C20H28N2O5. The third kappa shape index (κ3) is 3.68. The van der Waals surface area contributed by atoms with E-state index in [-0.39, 0.29) is 35.1 Å². The number of nitrogens with zero attached hydrogens (tertiary/aromatic N) is 2. The van der Waals surface area contributed by atoms with E-state index in [1.165, 1.54) is 7.11 Å². The van der Waals surface area contributed by atoms with Crippen molar-refractivity contribution in [2.75, 3.05) is 26.7 Å². The summed E-state index contributed by atoms with van der Waals surface area (Å²) < 4.78 is 10.8. The highest BCUT2D eigenvalue weighted by molar-refractivity contribution is 5.97. The van der Waals surface area contributed by atoms with E-state index >= 15 is 0 Å². The monoisotopic (exact) mass is 376 g/mol. The molecule has 148 valence electrons. The van der Waals surface area contributed by atoms with Crippen LogP contribution < -0.4 is 4.74 Å². The lowest BCUT2D eigenvalue weighted by atomic mass is 9.90. The Hall–Kier alpha value is -2.44. The highest BCUT2D eigenvalue weighted by Crippen LogP contribution is 2.36. The van der Waals surface area contributed by atoms with Crippen molar-refractivity contribution in [2.45, 2.75) is 51.2 Å². The van der Waals surface area contributed by atoms with Crippen molar-refractivity contribution >= 4 is 12.0 Å². The summed E-state index contributed by atoms with van der Waals surface area (Å²) >= 11 is 0. The summed E-state index contributed by atoms with van der Waals surface area (Å²) in [6.07, 6.45) is 2.92. The number of amides is 2. The van der Waals surface area contributed by atoms with Crippen molar-refractivity contribution < 1.29 is 24.2 Å². The molecule has 0 radical (unpaired) electrons. The number of hydrogen-bond donors (Lipinski definition) is 1. The molecular weight excluding hydrogens is 348 g/mol. The molecule has 1 atom stereocenters. The number of rotatable bonds is 5. The van der Waals surface area contributed by atoms with E-state index in [2.05, 4.69) is 6.92 Å². The molecule has 2 fully saturated rings. The first-order chi connectivity index (χ1) is 12.9. The molecule has 2 aliphatic rings. The van der Waals surface area contributed by atoms with Crippen LogP contribution in [0.15, 0.2) is 18.2 Å². The van der Waals surface area contributed by atoms with Gasteiger partial charge in [-0.15, -0.1) is 0 Å². The predicted octanol–water partition coefficient (Wildman–Crippen LogP) is 3.02. The normalized spacial score (nSPS) is 19.9. The summed E-state index contributed by atoms with van der Waals surface area (Å²) in [4.78, 5) is 28.6. The molecule has 0 aliphatic carbocycles. The first-order valence-electron chi connectivity index (χ1n) is 9.55. The van der Waals surface area contributed by atoms with Crippen LogP contribution in [0.25, 0.3) is 0 Å². The second-order valence-electron chi connectivity index (χ2n) is 7.47. The van der Waals surface area contributed by atoms with Crippen LogP contribution in [0.5, 0.6) is 11.5 Å². The van der Waals surface area contributed by atoms with Gasteiger partial charge in [0.1, 0.15) is 5.60 Å². The zero-order valence-electron chi connectivity index (χ0n) is 16.2. The summed E-state index contributed by atoms with van der Waals surface area (Å²) in [5.74, 6) is -0.0986. The SMILES string of the molecule is CCCC(C)N1CC2(CCN(C(=O)c3cccc(OC)c3O)CC2)OC1=O. The summed E-state index contributed by atoms with van der Waals surface area (Å²) in [7, 11) is 1.45. The van der Waals surface area contributed by atoms with Crippen molar-refractivity contribution in [1.29, 1.82) is 0 Å². The van der Waals surface area contributed by atoms with E-state index in [0.717, 1.165) is 12.8 Å². The summed E-state index contributed by atoms with van der Waals surface area (Å²) in [6.45, 7) is 5.71. The number of aromatic hydroxyl groups is 1. The third-order valence-electron chi connectivity index (χ3n) is 5.65. The average molecular weight is 376 g/mol. The standard InChI is InChI=1S/C20H28N2O5/c1-4-6-14(2)22-13-20(27-19(22)25)9-11-21(12-10-20)18(24)15-7-5-8-16(26-3)17(15)23/h5,7-8,14,23H,4,6,9-13H2,1-3H3. The Kier molecular flexibility index (Phi) is 5.48. The minimum absolute atomic E-state index is 0.142. The zero-order chi connectivity index (χ0) is 19.6. The van der Waals surface area contributed by atoms with Crippen LogP contribution in [-0.4, -0.2) is 65.3 Å². The van der Waals surface area contributed by atoms with Crippen LogP contribution in [-0.2, 0) is 4.74 Å². The average Bonchev–Trinajstić information content (AvgIpc) is 2.98. The van der Waals surface area contributed by atoms with Gasteiger partial charge in [-0.3, -0.25) is 4.79 Å². The molecule has 2 aliphatic heterocycles. The number of carbonyl (C=O) groups excluding carboxylic acids is 2. The number of piperidine rings is 1. The van der Waals surface area contributed by atoms with E-state index in [9.17, 15) is 14.7 Å². The number of phenols is 1. The Morgan fingerprint density at radius 3 is 2.70 bits per heavy atom. The van der Waals surface area contributed by atoms with Gasteiger partial charge in [0.15, 0.2) is 11.5 Å². The molecule has 1 unspecified atom stereocenters. The van der Waals surface area contributed by atoms with Crippen LogP contribution in [0.2, 0.25) is 0 Å². The highest BCUT2D eigenvalue weighted by atomic mass is 16.6. The van der Waals surface area contributed by atoms with Gasteiger partial charge in [-0.05, 0) is 25.5 Å². The minimum atomic E-state index is -0.508. The van der Waals surface area contributed by atoms with Gasteiger partial charge in [0.2, 0.25) is 0 Å². The summed E-state index contributed by atoms with van der Waals surface area (Å²) in [6, 6.07) is 5.05. The van der Waals surface area contributed by atoms with Gasteiger partial charge in [0.25, 0.3) is 5.91 Å². The van der Waals surface area contributed by atoms with Crippen LogP contribution in [0, 0.1) is 0 Å². The number of methoxy groups -OCH3 is 1. The van der Waals surface area contributed by atoms with Gasteiger partial charge in [-0.2, -0.15) is 0 Å². The molecule has 27 heavy (non-hydrogen) atoms. The number of hydrogen-bond acceptors (Lipinski definition) is 5. The Bertz CT molecular complexity index is 712. The second-order valence-corrected chi connectivity index (χ2v) is 7.47. The van der Waals surface area contributed by atoms with Gasteiger partial charge in [-0.1, -0.05) is 19.4 Å². The van der Waals surface area contributed by atoms with E-state index in [1.54, 1.807) is 23.1 Å². The lowest BCUT2D eigenvalue weighted by molar-refractivity contribution is 0.00299. The number of phenolic OH excluding ortho intramolecular Hbond substituents is 1. The molecule has 3 rings (SSSR count). The maximum absolute atomic E-state index is 12.8. The van der Waals surface area contributed by atoms with E-state index in [4.69, 9.17) is 9.47 Å². The van der Waals surface area contributed by atoms with E-state index in [0.29, 0.717) is 32.5 Å². The largest absolute Gasteiger partial charge is 0.504 e. The van der Waals surface area contributed by atoms with Gasteiger partial charge in [0, 0.05) is 32.0 Å². The molecule has 7 nitrogen and oxygen atoms in total. The molecule has 7 heteroatoms. The minimum Gasteiger partial charge on any atom is -0.504 e. The molecule has 1 spiro atoms. The molecule has 1 N–H and O–H groups in total. The van der Waals surface area contributed by atoms with Crippen LogP contribution in [0.1, 0.15) is 49.9 Å². The number of ether oxygens (including phenoxy) is 2. The molecule has 1 aromatic rings. The molecule has 1 aromatic carbocycles. The third-order valence-corrected chi connectivity index (χ3v) is 5.65. The fourth-order valence-electron chi connectivity index (χ4n) is 3.97. The molecule has 2 amide bonds. The lowest BCUT2D eigenvalue weighted by Gasteiger charge is -2.37. The second kappa shape index (κ2) is 7.66. The Labute approximate surface area is 159 Å². The van der Waals surface area contributed by atoms with Crippen LogP contribution in [0.4, 0.5) is 4.79 Å². The highest BCUT2D eigenvalue weighted by Gasteiger charge is 2.48. The zero-order valence-corrected chi connectivity index (χ0v) is 16.2. The number of carbonyl (C=O) groups is 2. The van der Waals surface area contributed by atoms with Gasteiger partial charge in [0.05, 0.1) is 19.2 Å². The first kappa shape index (κ1) is 19.3. The van der Waals surface area contributed by atoms with Crippen molar-refractivity contribution in [1.82, 2.24) is 9.80 Å². The maximum Gasteiger partial charge on any atom is 0.410 e. The Morgan fingerprint density at radius 2 is 2.07 bits per heavy atom. The molecule has 0 aromatic heterocycles. The number of para-hydroxylation sites is 1. The van der Waals surface area contributed by atoms with Crippen molar-refractivity contribution in [2.24, 2.45) is 0 Å². The fourth-order valence-corrected chi connectivity index (χ4v) is 3.97. The van der Waals surface area contributed by atoms with Crippen molar-refractivity contribution in [3.63, 3.8) is 0 Å². The van der Waals surface area contributed by atoms with Crippen LogP contribution in [0.3, 0.4) is 0 Å². The van der Waals surface area contributed by atoms with E-state index < -0.39 is 5.60 Å².